The summed E-state index contributed by atoms with van der Waals surface area (Å²) in [6.07, 6.45) is 9.77. The summed E-state index contributed by atoms with van der Waals surface area (Å²) in [6, 6.07) is 7.80. The maximum Gasteiger partial charge on any atom is 0.225 e. The molecule has 4 fully saturated rings. The number of hydrogen-bond acceptors (Lipinski definition) is 2. The lowest BCUT2D eigenvalue weighted by molar-refractivity contribution is -0.124. The van der Waals surface area contributed by atoms with E-state index >= 15 is 0 Å². The first-order valence-electron chi connectivity index (χ1n) is 9.67. The molecule has 0 saturated heterocycles. The molecule has 0 spiro atoms. The molecule has 4 saturated carbocycles. The van der Waals surface area contributed by atoms with Crippen LogP contribution in [0.3, 0.4) is 0 Å². The van der Waals surface area contributed by atoms with E-state index in [0.29, 0.717) is 13.0 Å². The minimum absolute atomic E-state index is 0.171. The van der Waals surface area contributed by atoms with E-state index in [1.54, 1.807) is 0 Å². The smallest absolute Gasteiger partial charge is 0.225 e. The van der Waals surface area contributed by atoms with Gasteiger partial charge >= 0.3 is 0 Å². The standard InChI is InChI=1S/C21H29NO2/c1-2-7-24-19-6-4-3-5-18(19)22-20(23)14-21-11-15-8-16(12-21)10-17(9-15)13-21/h3-6,15-17H,2,7-14H2,1H3,(H,22,23). The molecule has 5 rings (SSSR count). The van der Waals surface area contributed by atoms with Crippen molar-refractivity contribution >= 4 is 11.6 Å². The molecule has 1 amide bonds. The van der Waals surface area contributed by atoms with Crippen LogP contribution in [0.5, 0.6) is 5.75 Å². The monoisotopic (exact) mass is 327 g/mol. The third-order valence-corrected chi connectivity index (χ3v) is 6.32. The Bertz CT molecular complexity index is 574. The van der Waals surface area contributed by atoms with Crippen molar-refractivity contribution in [1.82, 2.24) is 0 Å². The zero-order chi connectivity index (χ0) is 16.6. The topological polar surface area (TPSA) is 38.3 Å². The summed E-state index contributed by atoms with van der Waals surface area (Å²) in [7, 11) is 0. The highest BCUT2D eigenvalue weighted by Crippen LogP contribution is 2.61. The molecule has 1 aromatic carbocycles. The number of anilines is 1. The fraction of sp³-hybridized carbons (Fsp3) is 0.667. The van der Waals surface area contributed by atoms with Gasteiger partial charge in [-0.25, -0.2) is 0 Å². The Morgan fingerprint density at radius 1 is 1.12 bits per heavy atom. The van der Waals surface area contributed by atoms with Gasteiger partial charge in [0.05, 0.1) is 12.3 Å². The van der Waals surface area contributed by atoms with Crippen LogP contribution in [0, 0.1) is 23.2 Å². The molecule has 4 aliphatic carbocycles. The number of benzene rings is 1. The summed E-state index contributed by atoms with van der Waals surface area (Å²) < 4.78 is 5.77. The highest BCUT2D eigenvalue weighted by Gasteiger charge is 2.51. The average molecular weight is 327 g/mol. The second kappa shape index (κ2) is 6.42. The third-order valence-electron chi connectivity index (χ3n) is 6.32. The van der Waals surface area contributed by atoms with Crippen LogP contribution in [-0.2, 0) is 4.79 Å². The van der Waals surface area contributed by atoms with Gasteiger partial charge in [-0.05, 0) is 80.2 Å². The van der Waals surface area contributed by atoms with Crippen LogP contribution in [0.4, 0.5) is 5.69 Å². The minimum atomic E-state index is 0.171. The highest BCUT2D eigenvalue weighted by molar-refractivity contribution is 5.92. The molecule has 0 heterocycles. The summed E-state index contributed by atoms with van der Waals surface area (Å²) in [5, 5.41) is 3.13. The predicted octanol–water partition coefficient (Wildman–Crippen LogP) is 5.02. The van der Waals surface area contributed by atoms with E-state index in [0.717, 1.165) is 35.6 Å². The molecule has 3 heteroatoms. The zero-order valence-corrected chi connectivity index (χ0v) is 14.7. The molecule has 1 aromatic rings. The molecule has 0 unspecified atom stereocenters. The number of carbonyl (C=O) groups excluding carboxylic acids is 1. The number of carbonyl (C=O) groups is 1. The Morgan fingerprint density at radius 2 is 1.75 bits per heavy atom. The van der Waals surface area contributed by atoms with E-state index < -0.39 is 0 Å². The van der Waals surface area contributed by atoms with Crippen LogP contribution in [0.2, 0.25) is 0 Å². The number of para-hydroxylation sites is 2. The highest BCUT2D eigenvalue weighted by atomic mass is 16.5. The number of rotatable bonds is 6. The molecule has 0 aliphatic heterocycles. The van der Waals surface area contributed by atoms with Gasteiger partial charge in [0, 0.05) is 6.42 Å². The van der Waals surface area contributed by atoms with Gasteiger partial charge < -0.3 is 10.1 Å². The van der Waals surface area contributed by atoms with Crippen molar-refractivity contribution in [3.8, 4) is 5.75 Å². The average Bonchev–Trinajstić information content (AvgIpc) is 2.52. The molecule has 4 aliphatic rings. The lowest BCUT2D eigenvalue weighted by Crippen LogP contribution is -2.47. The first-order chi connectivity index (χ1) is 11.7. The second-order valence-electron chi connectivity index (χ2n) is 8.49. The SMILES string of the molecule is CCCOc1ccccc1NC(=O)CC12CC3CC(CC(C3)C1)C2. The Balaban J connectivity index is 1.42. The molecule has 130 valence electrons. The fourth-order valence-corrected chi connectivity index (χ4v) is 5.95. The van der Waals surface area contributed by atoms with Gasteiger partial charge in [-0.3, -0.25) is 4.79 Å². The number of amides is 1. The maximum atomic E-state index is 12.8. The van der Waals surface area contributed by atoms with E-state index in [4.69, 9.17) is 4.74 Å². The van der Waals surface area contributed by atoms with Crippen molar-refractivity contribution in [3.63, 3.8) is 0 Å². The van der Waals surface area contributed by atoms with Crippen molar-refractivity contribution in [2.24, 2.45) is 23.2 Å². The van der Waals surface area contributed by atoms with Gasteiger partial charge in [0.2, 0.25) is 5.91 Å². The van der Waals surface area contributed by atoms with Crippen molar-refractivity contribution in [3.05, 3.63) is 24.3 Å². The molecule has 0 aromatic heterocycles. The quantitative estimate of drug-likeness (QED) is 0.796. The van der Waals surface area contributed by atoms with Crippen molar-refractivity contribution in [2.45, 2.75) is 58.3 Å². The van der Waals surface area contributed by atoms with Gasteiger partial charge in [-0.2, -0.15) is 0 Å². The Kier molecular flexibility index (Phi) is 4.28. The summed E-state index contributed by atoms with van der Waals surface area (Å²) in [5.41, 5.74) is 1.11. The van der Waals surface area contributed by atoms with Crippen molar-refractivity contribution in [1.29, 1.82) is 0 Å². The molecular formula is C21H29NO2. The minimum Gasteiger partial charge on any atom is -0.491 e. The van der Waals surface area contributed by atoms with Crippen LogP contribution in [0.25, 0.3) is 0 Å². The van der Waals surface area contributed by atoms with E-state index in [1.807, 2.05) is 24.3 Å². The summed E-state index contributed by atoms with van der Waals surface area (Å²) >= 11 is 0. The molecule has 1 N–H and O–H groups in total. The Hall–Kier alpha value is -1.51. The van der Waals surface area contributed by atoms with E-state index in [-0.39, 0.29) is 11.3 Å². The molecule has 4 bridgehead atoms. The third kappa shape index (κ3) is 3.18. The second-order valence-corrected chi connectivity index (χ2v) is 8.49. The van der Waals surface area contributed by atoms with Crippen LogP contribution >= 0.6 is 0 Å². The molecular weight excluding hydrogens is 298 g/mol. The number of nitrogens with one attached hydrogen (secondary N) is 1. The van der Waals surface area contributed by atoms with Gasteiger partial charge in [-0.15, -0.1) is 0 Å². The normalized spacial score (nSPS) is 33.5. The number of hydrogen-bond donors (Lipinski definition) is 1. The van der Waals surface area contributed by atoms with Gasteiger partial charge in [-0.1, -0.05) is 19.1 Å². The first-order valence-corrected chi connectivity index (χ1v) is 9.67. The van der Waals surface area contributed by atoms with E-state index in [9.17, 15) is 4.79 Å². The maximum absolute atomic E-state index is 12.8. The van der Waals surface area contributed by atoms with Crippen molar-refractivity contribution < 1.29 is 9.53 Å². The first kappa shape index (κ1) is 16.0. The van der Waals surface area contributed by atoms with Crippen LogP contribution < -0.4 is 10.1 Å². The van der Waals surface area contributed by atoms with Crippen LogP contribution in [-0.4, -0.2) is 12.5 Å². The molecule has 0 atom stereocenters. The van der Waals surface area contributed by atoms with Gasteiger partial charge in [0.25, 0.3) is 0 Å². The Morgan fingerprint density at radius 3 is 2.38 bits per heavy atom. The Labute approximate surface area is 145 Å². The van der Waals surface area contributed by atoms with Gasteiger partial charge in [0.15, 0.2) is 0 Å². The van der Waals surface area contributed by atoms with Gasteiger partial charge in [0.1, 0.15) is 5.75 Å². The van der Waals surface area contributed by atoms with Crippen LogP contribution in [0.1, 0.15) is 58.3 Å². The largest absolute Gasteiger partial charge is 0.491 e. The van der Waals surface area contributed by atoms with E-state index in [2.05, 4.69) is 12.2 Å². The predicted molar refractivity (Wildman–Crippen MR) is 96.1 cm³/mol. The van der Waals surface area contributed by atoms with E-state index in [1.165, 1.54) is 38.5 Å². The number of ether oxygens (including phenoxy) is 1. The fourth-order valence-electron chi connectivity index (χ4n) is 5.95. The lowest BCUT2D eigenvalue weighted by Gasteiger charge is -2.56. The molecule has 24 heavy (non-hydrogen) atoms. The summed E-state index contributed by atoms with van der Waals surface area (Å²) in [6.45, 7) is 2.77. The zero-order valence-electron chi connectivity index (χ0n) is 14.7. The summed E-state index contributed by atoms with van der Waals surface area (Å²) in [4.78, 5) is 12.8. The van der Waals surface area contributed by atoms with Crippen molar-refractivity contribution in [2.75, 3.05) is 11.9 Å². The molecule has 0 radical (unpaired) electrons. The summed E-state index contributed by atoms with van der Waals surface area (Å²) in [5.74, 6) is 3.64. The lowest BCUT2D eigenvalue weighted by atomic mass is 9.49. The molecule has 3 nitrogen and oxygen atoms in total. The van der Waals surface area contributed by atoms with Crippen LogP contribution in [0.15, 0.2) is 24.3 Å².